The third-order valence-electron chi connectivity index (χ3n) is 12.1. The van der Waals surface area contributed by atoms with E-state index in [2.05, 4.69) is 209 Å². The minimum atomic E-state index is -0.211. The summed E-state index contributed by atoms with van der Waals surface area (Å²) >= 11 is 0. The van der Waals surface area contributed by atoms with E-state index in [0.717, 1.165) is 17.1 Å². The molecule has 0 heterocycles. The molecule has 254 valence electrons. The number of benzene rings is 8. The van der Waals surface area contributed by atoms with Crippen LogP contribution in [0.3, 0.4) is 0 Å². The number of hydrogen-bond donors (Lipinski definition) is 0. The average Bonchev–Trinajstić information content (AvgIpc) is 3.43. The summed E-state index contributed by atoms with van der Waals surface area (Å²) < 4.78 is 0. The summed E-state index contributed by atoms with van der Waals surface area (Å²) in [4.78, 5) is 2.46. The van der Waals surface area contributed by atoms with E-state index in [-0.39, 0.29) is 10.8 Å². The van der Waals surface area contributed by atoms with Gasteiger partial charge in [-0.15, -0.1) is 0 Å². The fraction of sp³-hybridized carbons (Fsp3) is 0.115. The third kappa shape index (κ3) is 4.77. The molecule has 0 saturated heterocycles. The fourth-order valence-electron chi connectivity index (χ4n) is 9.30. The molecule has 10 rings (SSSR count). The van der Waals surface area contributed by atoms with Gasteiger partial charge in [0.05, 0.1) is 0 Å². The summed E-state index contributed by atoms with van der Waals surface area (Å²) in [6.45, 7) is 9.53. The van der Waals surface area contributed by atoms with Crippen molar-refractivity contribution in [2.75, 3.05) is 4.90 Å². The van der Waals surface area contributed by atoms with Crippen LogP contribution in [0.25, 0.3) is 55.3 Å². The van der Waals surface area contributed by atoms with E-state index < -0.39 is 0 Å². The molecule has 8 aromatic carbocycles. The van der Waals surface area contributed by atoms with Crippen molar-refractivity contribution >= 4 is 27.8 Å². The molecule has 8 aromatic rings. The van der Waals surface area contributed by atoms with Crippen molar-refractivity contribution in [3.05, 3.63) is 198 Å². The van der Waals surface area contributed by atoms with E-state index in [1.54, 1.807) is 0 Å². The van der Waals surface area contributed by atoms with Crippen molar-refractivity contribution in [3.63, 3.8) is 0 Å². The molecule has 0 spiro atoms. The molecule has 2 aliphatic carbocycles. The van der Waals surface area contributed by atoms with Crippen LogP contribution < -0.4 is 4.90 Å². The lowest BCUT2D eigenvalue weighted by Gasteiger charge is -2.37. The van der Waals surface area contributed by atoms with Crippen LogP contribution in [0.4, 0.5) is 17.1 Å². The van der Waals surface area contributed by atoms with Crippen molar-refractivity contribution in [1.29, 1.82) is 0 Å². The molecule has 1 nitrogen and oxygen atoms in total. The molecule has 0 amide bonds. The first-order valence-corrected chi connectivity index (χ1v) is 18.8. The van der Waals surface area contributed by atoms with Crippen LogP contribution in [0.2, 0.25) is 0 Å². The molecule has 0 radical (unpaired) electrons. The van der Waals surface area contributed by atoms with Gasteiger partial charge in [0.1, 0.15) is 0 Å². The standard InChI is InChI=1S/C52H41N/c1-51(2)45-20-12-11-19-42(45)43-30-27-39(32-47(43)51)53(38-25-22-35(23-26-38)34-14-7-5-8-15-34)40-28-31-44-48(33-40)52(3,4)46-21-13-18-37-24-29-41(50(44)49(37)46)36-16-9-6-10-17-36/h5-33H,1-4H3. The Balaban J connectivity index is 1.19. The number of anilines is 3. The molecule has 0 aromatic heterocycles. The number of rotatable bonds is 5. The molecule has 1 heteroatoms. The zero-order valence-electron chi connectivity index (χ0n) is 30.7. The Kier molecular flexibility index (Phi) is 6.94. The van der Waals surface area contributed by atoms with Crippen LogP contribution in [0, 0.1) is 0 Å². The Labute approximate surface area is 312 Å². The molecule has 0 aliphatic heterocycles. The van der Waals surface area contributed by atoms with E-state index in [9.17, 15) is 0 Å². The van der Waals surface area contributed by atoms with Gasteiger partial charge in [-0.3, -0.25) is 0 Å². The molecule has 2 aliphatic rings. The van der Waals surface area contributed by atoms with Crippen LogP contribution in [-0.4, -0.2) is 0 Å². The topological polar surface area (TPSA) is 3.24 Å². The minimum Gasteiger partial charge on any atom is -0.310 e. The van der Waals surface area contributed by atoms with Gasteiger partial charge in [-0.1, -0.05) is 167 Å². The highest BCUT2D eigenvalue weighted by atomic mass is 15.1. The molecule has 53 heavy (non-hydrogen) atoms. The Morgan fingerprint density at radius 1 is 0.340 bits per heavy atom. The van der Waals surface area contributed by atoms with Crippen LogP contribution in [0.1, 0.15) is 49.9 Å². The van der Waals surface area contributed by atoms with Crippen LogP contribution in [0.15, 0.2) is 176 Å². The SMILES string of the molecule is CC1(C)c2ccccc2-c2ccc(N(c3ccc(-c4ccccc4)cc3)c3ccc4c(c3)C(C)(C)c3cccc5ccc(-c6ccccc6)c-4c35)cc21. The van der Waals surface area contributed by atoms with E-state index in [1.165, 1.54) is 77.5 Å². The van der Waals surface area contributed by atoms with Crippen molar-refractivity contribution in [3.8, 4) is 44.5 Å². The predicted molar refractivity (Wildman–Crippen MR) is 225 cm³/mol. The lowest BCUT2D eigenvalue weighted by molar-refractivity contribution is 0.645. The quantitative estimate of drug-likeness (QED) is 0.175. The first-order valence-electron chi connectivity index (χ1n) is 18.8. The summed E-state index contributed by atoms with van der Waals surface area (Å²) in [6, 6.07) is 65.3. The summed E-state index contributed by atoms with van der Waals surface area (Å²) in [7, 11) is 0. The molecule has 0 unspecified atom stereocenters. The first kappa shape index (κ1) is 31.5. The van der Waals surface area contributed by atoms with Crippen molar-refractivity contribution in [2.45, 2.75) is 38.5 Å². The van der Waals surface area contributed by atoms with Gasteiger partial charge in [0.25, 0.3) is 0 Å². The maximum atomic E-state index is 2.47. The van der Waals surface area contributed by atoms with Crippen molar-refractivity contribution in [1.82, 2.24) is 0 Å². The Morgan fingerprint density at radius 3 is 1.57 bits per heavy atom. The number of nitrogens with zero attached hydrogens (tertiary/aromatic N) is 1. The van der Waals surface area contributed by atoms with Crippen molar-refractivity contribution in [2.24, 2.45) is 0 Å². The molecule has 0 saturated carbocycles. The molecule has 0 fully saturated rings. The minimum absolute atomic E-state index is 0.0984. The normalized spacial score (nSPS) is 14.3. The highest BCUT2D eigenvalue weighted by molar-refractivity contribution is 6.09. The molecular formula is C52H41N. The average molecular weight is 680 g/mol. The van der Waals surface area contributed by atoms with Gasteiger partial charge in [-0.2, -0.15) is 0 Å². The van der Waals surface area contributed by atoms with Crippen LogP contribution in [0.5, 0.6) is 0 Å². The van der Waals surface area contributed by atoms with Gasteiger partial charge in [0, 0.05) is 27.9 Å². The highest BCUT2D eigenvalue weighted by Gasteiger charge is 2.37. The second kappa shape index (κ2) is 11.7. The summed E-state index contributed by atoms with van der Waals surface area (Å²) in [5.41, 5.74) is 18.9. The van der Waals surface area contributed by atoms with Gasteiger partial charge < -0.3 is 4.90 Å². The zero-order valence-corrected chi connectivity index (χ0v) is 30.7. The van der Waals surface area contributed by atoms with E-state index in [0.29, 0.717) is 0 Å². The Morgan fingerprint density at radius 2 is 0.849 bits per heavy atom. The first-order chi connectivity index (χ1) is 25.8. The number of fused-ring (bicyclic) bond motifs is 5. The van der Waals surface area contributed by atoms with E-state index >= 15 is 0 Å². The number of hydrogen-bond acceptors (Lipinski definition) is 1. The summed E-state index contributed by atoms with van der Waals surface area (Å²) in [5.74, 6) is 0. The Bertz CT molecular complexity index is 2700. The maximum absolute atomic E-state index is 2.47. The van der Waals surface area contributed by atoms with Gasteiger partial charge in [0.2, 0.25) is 0 Å². The molecule has 0 atom stereocenters. The Hall–Kier alpha value is -6.18. The summed E-state index contributed by atoms with van der Waals surface area (Å²) in [6.07, 6.45) is 0. The highest BCUT2D eigenvalue weighted by Crippen LogP contribution is 2.54. The van der Waals surface area contributed by atoms with Crippen LogP contribution in [-0.2, 0) is 10.8 Å². The zero-order chi connectivity index (χ0) is 35.9. The van der Waals surface area contributed by atoms with Gasteiger partial charge in [0.15, 0.2) is 0 Å². The predicted octanol–water partition coefficient (Wildman–Crippen LogP) is 14.3. The van der Waals surface area contributed by atoms with E-state index in [1.807, 2.05) is 0 Å². The monoisotopic (exact) mass is 679 g/mol. The maximum Gasteiger partial charge on any atom is 0.0465 e. The van der Waals surface area contributed by atoms with Gasteiger partial charge >= 0.3 is 0 Å². The lowest BCUT2D eigenvalue weighted by Crippen LogP contribution is -2.24. The van der Waals surface area contributed by atoms with Gasteiger partial charge in [-0.25, -0.2) is 0 Å². The van der Waals surface area contributed by atoms with Crippen molar-refractivity contribution < 1.29 is 0 Å². The third-order valence-corrected chi connectivity index (χ3v) is 12.1. The largest absolute Gasteiger partial charge is 0.310 e. The molecule has 0 N–H and O–H groups in total. The summed E-state index contributed by atoms with van der Waals surface area (Å²) in [5, 5.41) is 2.66. The van der Waals surface area contributed by atoms with E-state index in [4.69, 9.17) is 0 Å². The molecular weight excluding hydrogens is 639 g/mol. The second-order valence-corrected chi connectivity index (χ2v) is 15.8. The van der Waals surface area contributed by atoms with Gasteiger partial charge in [-0.05, 0) is 114 Å². The molecule has 0 bridgehead atoms. The lowest BCUT2D eigenvalue weighted by atomic mass is 9.67. The fourth-order valence-corrected chi connectivity index (χ4v) is 9.30. The smallest absolute Gasteiger partial charge is 0.0465 e. The van der Waals surface area contributed by atoms with Crippen LogP contribution >= 0.6 is 0 Å². The second-order valence-electron chi connectivity index (χ2n) is 15.8.